The molecule has 0 N–H and O–H groups in total. The van der Waals surface area contributed by atoms with Gasteiger partial charge in [-0.25, -0.2) is 0 Å². The lowest BCUT2D eigenvalue weighted by atomic mass is 10.2. The number of morpholine rings is 1. The van der Waals surface area contributed by atoms with Crippen molar-refractivity contribution in [3.63, 3.8) is 0 Å². The van der Waals surface area contributed by atoms with Crippen molar-refractivity contribution < 1.29 is 33.6 Å². The van der Waals surface area contributed by atoms with Gasteiger partial charge in [0.25, 0.3) is 17.1 Å². The Bertz CT molecular complexity index is 875. The molecule has 13 heteroatoms. The smallest absolute Gasteiger partial charge is 0.283 e. The Labute approximate surface area is 197 Å². The molecule has 0 aromatic heterocycles. The van der Waals surface area contributed by atoms with Crippen LogP contribution in [0.2, 0.25) is 0 Å². The molecule has 0 unspecified atom stereocenters. The van der Waals surface area contributed by atoms with Crippen molar-refractivity contribution in [3.8, 4) is 5.75 Å². The molecule has 1 aromatic rings. The summed E-state index contributed by atoms with van der Waals surface area (Å²) in [7, 11) is 0. The van der Waals surface area contributed by atoms with Gasteiger partial charge in [0, 0.05) is 6.42 Å². The summed E-state index contributed by atoms with van der Waals surface area (Å²) >= 11 is 0. The zero-order chi connectivity index (χ0) is 24.8. The number of benzene rings is 1. The van der Waals surface area contributed by atoms with Crippen molar-refractivity contribution >= 4 is 17.1 Å². The van der Waals surface area contributed by atoms with E-state index in [1.165, 1.54) is 93.4 Å². The Hall–Kier alpha value is -2.90. The first-order valence-electron chi connectivity index (χ1n) is 11.7. The number of ether oxygens (including phenoxy) is 1. The van der Waals surface area contributed by atoms with Gasteiger partial charge in [-0.05, 0) is 25.7 Å². The molecule has 4 rings (SSSR count). The number of non-ortho nitro benzene ring substituents is 1. The first kappa shape index (κ1) is 25.7. The third kappa shape index (κ3) is 6.15. The molecule has 3 heterocycles. The molecule has 0 radical (unpaired) electrons. The lowest BCUT2D eigenvalue weighted by Gasteiger charge is -2.41. The van der Waals surface area contributed by atoms with Gasteiger partial charge in [0.15, 0.2) is 0 Å². The lowest BCUT2D eigenvalue weighted by molar-refractivity contribution is -0.966. The van der Waals surface area contributed by atoms with Gasteiger partial charge in [-0.2, -0.15) is 0 Å². The van der Waals surface area contributed by atoms with Crippen LogP contribution in [0.15, 0.2) is 12.1 Å². The van der Waals surface area contributed by atoms with E-state index in [2.05, 4.69) is 0 Å². The minimum Gasteiger partial charge on any atom is -0.863 e. The minimum absolute atomic E-state index is 0.384. The molecule has 3 fully saturated rings. The van der Waals surface area contributed by atoms with Gasteiger partial charge >= 0.3 is 0 Å². The average molecular weight is 483 g/mol. The fourth-order valence-corrected chi connectivity index (χ4v) is 5.33. The van der Waals surface area contributed by atoms with E-state index in [0.717, 1.165) is 13.2 Å². The number of nitrogens with zero attached hydrogens (tertiary/aromatic N) is 5. The standard InChI is InChI=1S/C15H30N2O.C6H3N3O7/c1-2-4-7-16(6-3-1)8-5-9-17(11-10-16)12-14-18-15-13-17;10-6-4(8(13)14)1-3(7(11)12)2-5(6)9(15)16/h1-15H2;1-2,10H/q+2;/p-1. The van der Waals surface area contributed by atoms with Crippen molar-refractivity contribution in [2.24, 2.45) is 0 Å². The number of hydrogen-bond donors (Lipinski definition) is 0. The summed E-state index contributed by atoms with van der Waals surface area (Å²) in [4.78, 5) is 27.5. The van der Waals surface area contributed by atoms with E-state index in [9.17, 15) is 35.4 Å². The van der Waals surface area contributed by atoms with E-state index in [0.29, 0.717) is 12.1 Å². The van der Waals surface area contributed by atoms with Gasteiger partial charge in [-0.15, -0.1) is 0 Å². The van der Waals surface area contributed by atoms with Gasteiger partial charge in [0.2, 0.25) is 0 Å². The van der Waals surface area contributed by atoms with Crippen LogP contribution in [-0.4, -0.2) is 89.3 Å². The monoisotopic (exact) mass is 482 g/mol. The molecular weight excluding hydrogens is 450 g/mol. The highest BCUT2D eigenvalue weighted by Crippen LogP contribution is 2.36. The third-order valence-corrected chi connectivity index (χ3v) is 7.39. The number of rotatable bonds is 3. The predicted octanol–water partition coefficient (Wildman–Crippen LogP) is 2.11. The van der Waals surface area contributed by atoms with Crippen LogP contribution in [0.5, 0.6) is 5.75 Å². The highest BCUT2D eigenvalue weighted by atomic mass is 16.6. The minimum atomic E-state index is -1.46. The fraction of sp³-hybridized carbons (Fsp3) is 0.714. The van der Waals surface area contributed by atoms with Crippen LogP contribution in [0.4, 0.5) is 17.1 Å². The Balaban J connectivity index is 0.000000192. The van der Waals surface area contributed by atoms with Gasteiger partial charge in [0.05, 0.1) is 72.0 Å². The Morgan fingerprint density at radius 3 is 1.50 bits per heavy atom. The van der Waals surface area contributed by atoms with E-state index < -0.39 is 37.6 Å². The summed E-state index contributed by atoms with van der Waals surface area (Å²) in [5, 5.41) is 42.1. The molecule has 34 heavy (non-hydrogen) atoms. The second kappa shape index (κ2) is 11.0. The van der Waals surface area contributed by atoms with Crippen LogP contribution in [0.1, 0.15) is 32.1 Å². The molecule has 3 saturated heterocycles. The van der Waals surface area contributed by atoms with Gasteiger partial charge < -0.3 is 18.8 Å². The quantitative estimate of drug-likeness (QED) is 0.359. The highest BCUT2D eigenvalue weighted by Gasteiger charge is 2.39. The predicted molar refractivity (Wildman–Crippen MR) is 119 cm³/mol. The van der Waals surface area contributed by atoms with E-state index in [4.69, 9.17) is 4.74 Å². The summed E-state index contributed by atoms with van der Waals surface area (Å²) in [5.41, 5.74) is -3.26. The van der Waals surface area contributed by atoms with Crippen molar-refractivity contribution in [1.82, 2.24) is 0 Å². The number of hydrogen-bond acceptors (Lipinski definition) is 8. The summed E-state index contributed by atoms with van der Waals surface area (Å²) in [6.45, 7) is 13.2. The number of quaternary nitrogens is 2. The summed E-state index contributed by atoms with van der Waals surface area (Å²) in [5.74, 6) is -1.46. The van der Waals surface area contributed by atoms with Crippen LogP contribution >= 0.6 is 0 Å². The van der Waals surface area contributed by atoms with Crippen molar-refractivity contribution in [2.45, 2.75) is 32.1 Å². The largest absolute Gasteiger partial charge is 0.863 e. The lowest BCUT2D eigenvalue weighted by Crippen LogP contribution is -2.58. The molecule has 1 aromatic carbocycles. The zero-order valence-electron chi connectivity index (χ0n) is 19.3. The molecule has 3 aliphatic heterocycles. The van der Waals surface area contributed by atoms with Gasteiger partial charge in [-0.1, -0.05) is 0 Å². The SMILES string of the molecule is C1CCC[N+]2(CC1)CCC[N+]1(CCOCC1)CC2.O=[N+]([O-])c1cc([N+](=O)[O-])c([O-])c([N+](=O)[O-])c1. The number of nitro benzene ring substituents is 3. The topological polar surface area (TPSA) is 162 Å². The molecule has 0 saturated carbocycles. The van der Waals surface area contributed by atoms with E-state index in [1.54, 1.807) is 0 Å². The summed E-state index contributed by atoms with van der Waals surface area (Å²) in [6, 6.07) is 0.769. The fourth-order valence-electron chi connectivity index (χ4n) is 5.33. The molecule has 0 atom stereocenters. The van der Waals surface area contributed by atoms with Gasteiger partial charge in [0.1, 0.15) is 26.2 Å². The molecule has 0 aliphatic carbocycles. The normalized spacial score (nSPS) is 21.5. The van der Waals surface area contributed by atoms with E-state index in [1.807, 2.05) is 0 Å². The Morgan fingerprint density at radius 1 is 0.618 bits per heavy atom. The van der Waals surface area contributed by atoms with Crippen molar-refractivity contribution in [3.05, 3.63) is 42.5 Å². The molecule has 2 spiro atoms. The summed E-state index contributed by atoms with van der Waals surface area (Å²) in [6.07, 6.45) is 7.36. The maximum Gasteiger partial charge on any atom is 0.283 e. The van der Waals surface area contributed by atoms with Crippen molar-refractivity contribution in [1.29, 1.82) is 0 Å². The van der Waals surface area contributed by atoms with Gasteiger partial charge in [-0.3, -0.25) is 30.3 Å². The van der Waals surface area contributed by atoms with Crippen molar-refractivity contribution in [2.75, 3.05) is 65.6 Å². The van der Waals surface area contributed by atoms with Crippen LogP contribution in [0, 0.1) is 30.3 Å². The Morgan fingerprint density at radius 2 is 1.06 bits per heavy atom. The van der Waals surface area contributed by atoms with Crippen LogP contribution in [0.25, 0.3) is 0 Å². The van der Waals surface area contributed by atoms with Crippen LogP contribution < -0.4 is 5.11 Å². The van der Waals surface area contributed by atoms with E-state index in [-0.39, 0.29) is 0 Å². The maximum atomic E-state index is 11.1. The number of nitro groups is 3. The molecule has 3 aliphatic rings. The Kier molecular flexibility index (Phi) is 8.33. The third-order valence-electron chi connectivity index (χ3n) is 7.39. The first-order chi connectivity index (χ1) is 16.2. The van der Waals surface area contributed by atoms with Crippen LogP contribution in [-0.2, 0) is 4.74 Å². The van der Waals surface area contributed by atoms with E-state index >= 15 is 0 Å². The second-order valence-electron chi connectivity index (χ2n) is 9.44. The average Bonchev–Trinajstić information content (AvgIpc) is 3.13. The molecule has 0 bridgehead atoms. The molecule has 188 valence electrons. The summed E-state index contributed by atoms with van der Waals surface area (Å²) < 4.78 is 8.41. The van der Waals surface area contributed by atoms with Crippen LogP contribution in [0.3, 0.4) is 0 Å². The molecule has 0 amide bonds. The highest BCUT2D eigenvalue weighted by molar-refractivity contribution is 5.63. The maximum absolute atomic E-state index is 11.1. The second-order valence-corrected chi connectivity index (χ2v) is 9.44. The molecular formula is C21H32N5O8+. The zero-order valence-corrected chi connectivity index (χ0v) is 19.3. The first-order valence-corrected chi connectivity index (χ1v) is 11.7. The molecule has 13 nitrogen and oxygen atoms in total.